The summed E-state index contributed by atoms with van der Waals surface area (Å²) >= 11 is 0. The van der Waals surface area contributed by atoms with E-state index in [1.807, 2.05) is 0 Å². The molecular formula is C28H22N8O6. The molecule has 6 aliphatic carbocycles. The van der Waals surface area contributed by atoms with Crippen molar-refractivity contribution >= 4 is 28.6 Å². The van der Waals surface area contributed by atoms with Gasteiger partial charge < -0.3 is 15.1 Å². The largest absolute Gasteiger partial charge is 0.438 e. The van der Waals surface area contributed by atoms with Gasteiger partial charge in [-0.2, -0.15) is 5.10 Å². The Morgan fingerprint density at radius 3 is 2.55 bits per heavy atom. The van der Waals surface area contributed by atoms with Gasteiger partial charge in [0.1, 0.15) is 11.4 Å². The summed E-state index contributed by atoms with van der Waals surface area (Å²) in [5.74, 6) is 2.20. The molecule has 0 unspecified atom stereocenters. The average molecular weight is 567 g/mol. The number of rotatable bonds is 7. The lowest BCUT2D eigenvalue weighted by Crippen LogP contribution is -3.12. The summed E-state index contributed by atoms with van der Waals surface area (Å²) in [6, 6.07) is 8.35. The van der Waals surface area contributed by atoms with Crippen molar-refractivity contribution in [1.29, 1.82) is 0 Å². The summed E-state index contributed by atoms with van der Waals surface area (Å²) in [6.45, 7) is 0.772. The molecule has 0 spiro atoms. The summed E-state index contributed by atoms with van der Waals surface area (Å²) in [5.41, 5.74) is 2.75. The van der Waals surface area contributed by atoms with Crippen molar-refractivity contribution in [3.63, 3.8) is 0 Å². The fourth-order valence-electron chi connectivity index (χ4n) is 10.1. The van der Waals surface area contributed by atoms with E-state index in [1.54, 1.807) is 31.3 Å². The van der Waals surface area contributed by atoms with Gasteiger partial charge >= 0.3 is 11.5 Å². The van der Waals surface area contributed by atoms with E-state index in [2.05, 4.69) is 30.9 Å². The Kier molecular flexibility index (Phi) is 3.71. The number of fused-ring (bicyclic) bond motifs is 2. The Morgan fingerprint density at radius 1 is 1.02 bits per heavy atom. The maximum absolute atomic E-state index is 13.5. The first-order chi connectivity index (χ1) is 20.4. The minimum absolute atomic E-state index is 0.00737. The number of amides is 2. The fraction of sp³-hybridized carbons (Fsp3) is 0.393. The van der Waals surface area contributed by atoms with Crippen LogP contribution < -0.4 is 22.1 Å². The normalized spacial score (nSPS) is 33.6. The van der Waals surface area contributed by atoms with Gasteiger partial charge in [-0.05, 0) is 58.6 Å². The van der Waals surface area contributed by atoms with Crippen LogP contribution in [-0.2, 0) is 19.0 Å². The molecule has 0 bridgehead atoms. The van der Waals surface area contributed by atoms with Crippen LogP contribution in [0.3, 0.4) is 0 Å². The summed E-state index contributed by atoms with van der Waals surface area (Å²) in [7, 11) is 1.62. The number of carbonyl (C=O) groups is 2. The van der Waals surface area contributed by atoms with Crippen molar-refractivity contribution in [1.82, 2.24) is 39.9 Å². The number of carbonyl (C=O) groups excluding carboxylic acids is 2. The third kappa shape index (κ3) is 2.19. The van der Waals surface area contributed by atoms with Crippen LogP contribution in [0.2, 0.25) is 0 Å². The first kappa shape index (κ1) is 22.7. The van der Waals surface area contributed by atoms with Crippen LogP contribution in [0.1, 0.15) is 32.4 Å². The van der Waals surface area contributed by atoms with Crippen molar-refractivity contribution in [2.24, 2.45) is 48.0 Å². The predicted molar refractivity (Wildman–Crippen MR) is 140 cm³/mol. The van der Waals surface area contributed by atoms with Gasteiger partial charge in [0, 0.05) is 37.7 Å². The standard InChI is InChI=1S/C28H22N8O6/c1-35-12-6-10(2-3-14(12)41-26(35)40)8-29-22(37)11-7-13(36-15(32-11)4-5-31-36)23(38)30-9-27-16-19-17(27)21-18(27)20(16)28(19,21)24-33-25(39)42-34-24/h2-7,16-21H,8-9H2,1H3,(H,29,37)(H,30,38)(H,33,34,39). The van der Waals surface area contributed by atoms with Gasteiger partial charge in [-0.1, -0.05) is 11.2 Å². The molecule has 6 saturated carbocycles. The highest BCUT2D eigenvalue weighted by atomic mass is 16.5. The number of aromatic nitrogens is 6. The zero-order valence-electron chi connectivity index (χ0n) is 22.0. The monoisotopic (exact) mass is 566 g/mol. The molecule has 0 atom stereocenters. The Hall–Kier alpha value is -5.01. The van der Waals surface area contributed by atoms with E-state index >= 15 is 0 Å². The van der Waals surface area contributed by atoms with Crippen LogP contribution in [0.5, 0.6) is 0 Å². The van der Waals surface area contributed by atoms with Crippen LogP contribution in [-0.4, -0.2) is 47.7 Å². The molecule has 14 nitrogen and oxygen atoms in total. The highest BCUT2D eigenvalue weighted by Crippen LogP contribution is 3.09. The molecule has 0 radical (unpaired) electrons. The second-order valence-corrected chi connectivity index (χ2v) is 12.4. The lowest BCUT2D eigenvalue weighted by molar-refractivity contribution is -0.627. The lowest BCUT2D eigenvalue weighted by atomic mass is 8.92. The fourth-order valence-corrected chi connectivity index (χ4v) is 10.1. The van der Waals surface area contributed by atoms with E-state index in [0.29, 0.717) is 64.6 Å². The molecule has 0 saturated heterocycles. The van der Waals surface area contributed by atoms with Crippen molar-refractivity contribution in [3.05, 3.63) is 80.4 Å². The zero-order chi connectivity index (χ0) is 28.3. The molecule has 11 rings (SSSR count). The van der Waals surface area contributed by atoms with Crippen molar-refractivity contribution < 1.29 is 18.5 Å². The minimum Gasteiger partial charge on any atom is -0.408 e. The molecule has 4 heterocycles. The van der Waals surface area contributed by atoms with Crippen LogP contribution >= 0.6 is 0 Å². The molecule has 3 N–H and O–H groups in total. The summed E-state index contributed by atoms with van der Waals surface area (Å²) in [5, 5.41) is 14.2. The van der Waals surface area contributed by atoms with E-state index in [0.717, 1.165) is 5.56 Å². The SMILES string of the molecule is Cn1c(=O)oc2ccc(CNC(=O)c3cc(C(=O)NCC45C6C7C4C4C5C6C74c4noc(=O)[nH]4)n4nccc4n3)cc21. The number of hydrogen-bond donors (Lipinski definition) is 3. The van der Waals surface area contributed by atoms with Crippen molar-refractivity contribution in [2.75, 3.05) is 6.54 Å². The Balaban J connectivity index is 0.856. The number of nitrogens with one attached hydrogen (secondary N) is 3. The molecule has 4 aromatic heterocycles. The van der Waals surface area contributed by atoms with E-state index in [9.17, 15) is 19.2 Å². The van der Waals surface area contributed by atoms with Gasteiger partial charge in [0.05, 0.1) is 11.7 Å². The van der Waals surface area contributed by atoms with Gasteiger partial charge in [0.25, 0.3) is 11.8 Å². The number of benzene rings is 1. The van der Waals surface area contributed by atoms with Gasteiger partial charge in [0.15, 0.2) is 17.1 Å². The van der Waals surface area contributed by atoms with Crippen LogP contribution in [0.4, 0.5) is 0 Å². The molecule has 2 amide bonds. The Morgan fingerprint density at radius 2 is 1.81 bits per heavy atom. The molecule has 0 aliphatic heterocycles. The molecule has 1 aromatic carbocycles. The topological polar surface area (TPSA) is 182 Å². The first-order valence-electron chi connectivity index (χ1n) is 13.9. The summed E-state index contributed by atoms with van der Waals surface area (Å²) in [6.07, 6.45) is 1.54. The number of hydrogen-bond acceptors (Lipinski definition) is 9. The van der Waals surface area contributed by atoms with E-state index < -0.39 is 17.4 Å². The third-order valence-electron chi connectivity index (χ3n) is 11.4. The third-order valence-corrected chi connectivity index (χ3v) is 11.4. The molecule has 6 fully saturated rings. The van der Waals surface area contributed by atoms with Gasteiger partial charge in [-0.25, -0.2) is 19.1 Å². The number of aryl methyl sites for hydroxylation is 1. The molecule has 5 aromatic rings. The van der Waals surface area contributed by atoms with E-state index in [1.165, 1.54) is 21.3 Å². The minimum atomic E-state index is -0.500. The van der Waals surface area contributed by atoms with Gasteiger partial charge in [0.2, 0.25) is 0 Å². The Labute approximate surface area is 234 Å². The number of nitrogens with zero attached hydrogens (tertiary/aromatic N) is 5. The van der Waals surface area contributed by atoms with Crippen molar-refractivity contribution in [3.8, 4) is 0 Å². The molecule has 6 aliphatic rings. The molecule has 14 heteroatoms. The predicted octanol–water partition coefficient (Wildman–Crippen LogP) is 0.200. The molecular weight excluding hydrogens is 544 g/mol. The second kappa shape index (κ2) is 6.89. The zero-order valence-corrected chi connectivity index (χ0v) is 22.0. The van der Waals surface area contributed by atoms with Crippen LogP contribution in [0.15, 0.2) is 55.1 Å². The number of aromatic amines is 1. The summed E-state index contributed by atoms with van der Waals surface area (Å²) < 4.78 is 12.8. The van der Waals surface area contributed by atoms with Crippen LogP contribution in [0.25, 0.3) is 16.7 Å². The van der Waals surface area contributed by atoms with Gasteiger partial charge in [-0.15, -0.1) is 0 Å². The van der Waals surface area contributed by atoms with Crippen molar-refractivity contribution in [2.45, 2.75) is 12.0 Å². The molecule has 42 heavy (non-hydrogen) atoms. The second-order valence-electron chi connectivity index (χ2n) is 12.4. The molecule has 210 valence electrons. The number of oxazole rings is 1. The quantitative estimate of drug-likeness (QED) is 0.248. The maximum Gasteiger partial charge on any atom is 0.438 e. The maximum atomic E-state index is 13.5. The summed E-state index contributed by atoms with van der Waals surface area (Å²) in [4.78, 5) is 57.1. The van der Waals surface area contributed by atoms with Crippen LogP contribution in [0, 0.1) is 40.9 Å². The first-order valence-corrected chi connectivity index (χ1v) is 13.9. The van der Waals surface area contributed by atoms with E-state index in [4.69, 9.17) is 8.94 Å². The smallest absolute Gasteiger partial charge is 0.408 e. The van der Waals surface area contributed by atoms with Gasteiger partial charge in [-0.3, -0.25) is 23.7 Å². The Bertz CT molecular complexity index is 2130. The number of H-pyrrole nitrogens is 1. The average Bonchev–Trinajstić information content (AvgIpc) is 3.73. The van der Waals surface area contributed by atoms with E-state index in [-0.39, 0.29) is 34.7 Å². The lowest BCUT2D eigenvalue weighted by Gasteiger charge is -3.11. The highest BCUT2D eigenvalue weighted by Gasteiger charge is 3.10. The highest BCUT2D eigenvalue weighted by molar-refractivity contribution is 5.98.